The second-order valence-corrected chi connectivity index (χ2v) is 8.22. The molecule has 3 N–H and O–H groups in total. The monoisotopic (exact) mass is 400 g/mol. The minimum Gasteiger partial charge on any atom is -0.322 e. The number of imidazole rings is 1. The third kappa shape index (κ3) is 4.32. The Hall–Kier alpha value is -3.33. The van der Waals surface area contributed by atoms with Gasteiger partial charge < -0.3 is 10.3 Å². The number of H-pyrrole nitrogens is 1. The summed E-state index contributed by atoms with van der Waals surface area (Å²) in [4.78, 5) is 27.0. The number of amides is 1. The number of carbonyl (C=O) groups is 1. The summed E-state index contributed by atoms with van der Waals surface area (Å²) in [6, 6.07) is 11.6. The van der Waals surface area contributed by atoms with Crippen LogP contribution in [0.1, 0.15) is 21.6 Å². The number of benzene rings is 2. The third-order valence-electron chi connectivity index (χ3n) is 4.14. The minimum atomic E-state index is -3.42. The number of nitrogens with one attached hydrogen (secondary N) is 3. The molecule has 1 aromatic heterocycles. The van der Waals surface area contributed by atoms with Crippen molar-refractivity contribution in [3.05, 3.63) is 76.0 Å². The lowest BCUT2D eigenvalue weighted by Gasteiger charge is -2.11. The van der Waals surface area contributed by atoms with Gasteiger partial charge in [-0.1, -0.05) is 6.07 Å². The van der Waals surface area contributed by atoms with E-state index < -0.39 is 10.0 Å². The highest BCUT2D eigenvalue weighted by Gasteiger charge is 2.11. The van der Waals surface area contributed by atoms with Gasteiger partial charge in [0.05, 0.1) is 17.6 Å². The Bertz CT molecular complexity index is 1190. The average Bonchev–Trinajstić information content (AvgIpc) is 2.95. The van der Waals surface area contributed by atoms with E-state index in [1.165, 1.54) is 4.57 Å². The first-order valence-electron chi connectivity index (χ1n) is 8.41. The molecule has 2 aromatic carbocycles. The maximum absolute atomic E-state index is 12.5. The number of rotatable bonds is 5. The van der Waals surface area contributed by atoms with Gasteiger partial charge in [-0.15, -0.1) is 0 Å². The van der Waals surface area contributed by atoms with Crippen LogP contribution in [0.15, 0.2) is 53.5 Å². The van der Waals surface area contributed by atoms with Crippen LogP contribution in [0.2, 0.25) is 0 Å². The highest BCUT2D eigenvalue weighted by Crippen LogP contribution is 2.22. The van der Waals surface area contributed by atoms with Crippen molar-refractivity contribution in [3.63, 3.8) is 0 Å². The lowest BCUT2D eigenvalue weighted by molar-refractivity contribution is 0.102. The molecule has 1 amide bonds. The van der Waals surface area contributed by atoms with E-state index in [1.54, 1.807) is 62.5 Å². The second-order valence-electron chi connectivity index (χ2n) is 6.48. The predicted molar refractivity (Wildman–Crippen MR) is 109 cm³/mol. The zero-order chi connectivity index (χ0) is 20.5. The van der Waals surface area contributed by atoms with Crippen molar-refractivity contribution < 1.29 is 13.2 Å². The maximum Gasteiger partial charge on any atom is 0.330 e. The van der Waals surface area contributed by atoms with E-state index in [0.29, 0.717) is 22.6 Å². The number of nitrogens with zero attached hydrogens (tertiary/aromatic N) is 1. The summed E-state index contributed by atoms with van der Waals surface area (Å²) in [5.74, 6) is -0.348. The minimum absolute atomic E-state index is 0.250. The Balaban J connectivity index is 1.80. The summed E-state index contributed by atoms with van der Waals surface area (Å²) >= 11 is 0. The topological polar surface area (TPSA) is 113 Å². The molecule has 0 saturated carbocycles. The predicted octanol–water partition coefficient (Wildman–Crippen LogP) is 2.41. The van der Waals surface area contributed by atoms with Gasteiger partial charge >= 0.3 is 5.69 Å². The van der Waals surface area contributed by atoms with Crippen LogP contribution >= 0.6 is 0 Å². The van der Waals surface area contributed by atoms with Crippen LogP contribution in [0.5, 0.6) is 0 Å². The number of hydrogen-bond acceptors (Lipinski definition) is 4. The van der Waals surface area contributed by atoms with Gasteiger partial charge in [0.1, 0.15) is 0 Å². The molecule has 0 spiro atoms. The average molecular weight is 400 g/mol. The Morgan fingerprint density at radius 1 is 1.07 bits per heavy atom. The Kier molecular flexibility index (Phi) is 5.10. The zero-order valence-corrected chi connectivity index (χ0v) is 16.4. The fourth-order valence-electron chi connectivity index (χ4n) is 2.75. The largest absolute Gasteiger partial charge is 0.330 e. The number of aryl methyl sites for hydroxylation is 2. The first kappa shape index (κ1) is 19.4. The quantitative estimate of drug-likeness (QED) is 0.610. The SMILES string of the molecule is Cc1ccc(NC(=O)c2ccc(-n3c(C)c[nH]c3=O)cc2)cc1NS(C)(=O)=O. The molecular formula is C19H20N4O4S. The molecule has 0 fully saturated rings. The van der Waals surface area contributed by atoms with Gasteiger partial charge in [0, 0.05) is 23.1 Å². The summed E-state index contributed by atoms with van der Waals surface area (Å²) in [7, 11) is -3.42. The number of hydrogen-bond donors (Lipinski definition) is 3. The molecule has 0 saturated heterocycles. The van der Waals surface area contributed by atoms with Gasteiger partial charge in [-0.05, 0) is 55.8 Å². The van der Waals surface area contributed by atoms with E-state index >= 15 is 0 Å². The Morgan fingerprint density at radius 2 is 1.75 bits per heavy atom. The van der Waals surface area contributed by atoms with Gasteiger partial charge in [0.25, 0.3) is 5.91 Å². The van der Waals surface area contributed by atoms with Crippen LogP contribution < -0.4 is 15.7 Å². The summed E-state index contributed by atoms with van der Waals surface area (Å²) in [5.41, 5.74) is 3.16. The number of anilines is 2. The van der Waals surface area contributed by atoms with Crippen LogP contribution in [0.4, 0.5) is 11.4 Å². The van der Waals surface area contributed by atoms with Crippen molar-refractivity contribution in [1.82, 2.24) is 9.55 Å². The molecule has 0 aliphatic heterocycles. The van der Waals surface area contributed by atoms with E-state index in [2.05, 4.69) is 15.0 Å². The molecular weight excluding hydrogens is 380 g/mol. The van der Waals surface area contributed by atoms with Gasteiger partial charge in [0.15, 0.2) is 0 Å². The van der Waals surface area contributed by atoms with E-state index in [4.69, 9.17) is 0 Å². The van der Waals surface area contributed by atoms with Gasteiger partial charge in [0.2, 0.25) is 10.0 Å². The van der Waals surface area contributed by atoms with E-state index in [0.717, 1.165) is 17.5 Å². The third-order valence-corrected chi connectivity index (χ3v) is 4.73. The molecule has 146 valence electrons. The van der Waals surface area contributed by atoms with Crippen LogP contribution in [0.25, 0.3) is 5.69 Å². The number of sulfonamides is 1. The molecule has 0 bridgehead atoms. The molecule has 8 nitrogen and oxygen atoms in total. The Labute approximate surface area is 162 Å². The van der Waals surface area contributed by atoms with Crippen molar-refractivity contribution in [3.8, 4) is 5.69 Å². The molecule has 1 heterocycles. The molecule has 0 radical (unpaired) electrons. The van der Waals surface area contributed by atoms with Crippen LogP contribution in [0.3, 0.4) is 0 Å². The normalized spacial score (nSPS) is 11.2. The standard InChI is InChI=1S/C19H20N4O4S/c1-12-4-7-15(10-17(12)22-28(3,26)27)21-18(24)14-5-8-16(9-6-14)23-13(2)11-20-19(23)25/h4-11,22H,1-3H3,(H,20,25)(H,21,24). The van der Waals surface area contributed by atoms with Crippen molar-refractivity contribution >= 4 is 27.3 Å². The molecule has 3 rings (SSSR count). The molecule has 28 heavy (non-hydrogen) atoms. The second kappa shape index (κ2) is 7.35. The van der Waals surface area contributed by atoms with Crippen LogP contribution in [-0.4, -0.2) is 30.1 Å². The van der Waals surface area contributed by atoms with E-state index in [9.17, 15) is 18.0 Å². The highest BCUT2D eigenvalue weighted by molar-refractivity contribution is 7.92. The summed E-state index contributed by atoms with van der Waals surface area (Å²) in [5, 5.41) is 2.74. The first-order chi connectivity index (χ1) is 13.1. The molecule has 0 unspecified atom stereocenters. The fourth-order valence-corrected chi connectivity index (χ4v) is 3.37. The summed E-state index contributed by atoms with van der Waals surface area (Å²) in [6.07, 6.45) is 2.68. The van der Waals surface area contributed by atoms with Crippen molar-refractivity contribution in [1.29, 1.82) is 0 Å². The fraction of sp³-hybridized carbons (Fsp3) is 0.158. The van der Waals surface area contributed by atoms with Crippen molar-refractivity contribution in [2.45, 2.75) is 13.8 Å². The Morgan fingerprint density at radius 3 is 2.32 bits per heavy atom. The molecule has 0 aliphatic carbocycles. The van der Waals surface area contributed by atoms with E-state index in [1.807, 2.05) is 0 Å². The van der Waals surface area contributed by atoms with Crippen LogP contribution in [-0.2, 0) is 10.0 Å². The highest BCUT2D eigenvalue weighted by atomic mass is 32.2. The number of aromatic nitrogens is 2. The molecule has 3 aromatic rings. The van der Waals surface area contributed by atoms with Gasteiger partial charge in [-0.25, -0.2) is 13.2 Å². The lowest BCUT2D eigenvalue weighted by Crippen LogP contribution is -2.16. The van der Waals surface area contributed by atoms with Gasteiger partial charge in [-0.3, -0.25) is 14.1 Å². The smallest absolute Gasteiger partial charge is 0.322 e. The lowest BCUT2D eigenvalue weighted by atomic mass is 10.1. The summed E-state index contributed by atoms with van der Waals surface area (Å²) < 4.78 is 26.8. The molecule has 0 aliphatic rings. The first-order valence-corrected chi connectivity index (χ1v) is 10.3. The van der Waals surface area contributed by atoms with E-state index in [-0.39, 0.29) is 11.6 Å². The maximum atomic E-state index is 12.5. The number of aromatic amines is 1. The summed E-state index contributed by atoms with van der Waals surface area (Å²) in [6.45, 7) is 3.57. The number of carbonyl (C=O) groups excluding carboxylic acids is 1. The van der Waals surface area contributed by atoms with Crippen molar-refractivity contribution in [2.24, 2.45) is 0 Å². The van der Waals surface area contributed by atoms with Crippen LogP contribution in [0, 0.1) is 13.8 Å². The van der Waals surface area contributed by atoms with Gasteiger partial charge in [-0.2, -0.15) is 0 Å². The molecule has 9 heteroatoms. The molecule has 0 atom stereocenters. The zero-order valence-electron chi connectivity index (χ0n) is 15.6. The van der Waals surface area contributed by atoms with Crippen molar-refractivity contribution in [2.75, 3.05) is 16.3 Å².